The van der Waals surface area contributed by atoms with E-state index in [4.69, 9.17) is 10.5 Å². The Balaban J connectivity index is 0.778. The van der Waals surface area contributed by atoms with Crippen LogP contribution in [0, 0.1) is 12.3 Å². The summed E-state index contributed by atoms with van der Waals surface area (Å²) in [5.41, 5.74) is 13.4. The molecule has 3 fully saturated rings. The standard InChI is InChI=1S/C53H66N10O7S/c1-33(36-14-16-37(17-15-36)48-34(2)55-32-71-48)56-51(68)43-27-39(64)30-63(43)52(69)49(53(3,4)5)57-46(66)20-21-47(67)62-25-23-61(24-26-62)38-18-12-35(13-19-38)29-60-22-8-9-40(31-60)70-45-28-42(58-59-50(45)54)41-10-6-7-11-44(41)65/h6-7,10-19,28,32-33,39-40,43,49,64-65H,8-9,20-27,29-31H2,1-5H3,(H2,54,59)(H,56,68)(H,57,66)/t33?,39-,40?,43+,49?/m1/s1. The number of aromatic nitrogens is 3. The minimum Gasteiger partial charge on any atom is -0.507 e. The molecule has 0 spiro atoms. The molecule has 0 radical (unpaired) electrons. The van der Waals surface area contributed by atoms with Gasteiger partial charge in [0.05, 0.1) is 28.2 Å². The van der Waals surface area contributed by atoms with E-state index >= 15 is 0 Å². The summed E-state index contributed by atoms with van der Waals surface area (Å²) >= 11 is 1.57. The van der Waals surface area contributed by atoms with Crippen molar-refractivity contribution in [3.63, 3.8) is 0 Å². The Morgan fingerprint density at radius 2 is 1.65 bits per heavy atom. The molecular weight excluding hydrogens is 921 g/mol. The van der Waals surface area contributed by atoms with E-state index in [2.05, 4.69) is 59.9 Å². The van der Waals surface area contributed by atoms with Crippen LogP contribution < -0.4 is 26.0 Å². The number of aromatic hydroxyl groups is 1. The molecule has 3 aliphatic heterocycles. The number of phenols is 1. The molecular formula is C53H66N10O7S. The molecule has 5 atom stereocenters. The molecule has 71 heavy (non-hydrogen) atoms. The Labute approximate surface area is 419 Å². The molecule has 3 aliphatic rings. The summed E-state index contributed by atoms with van der Waals surface area (Å²) in [6, 6.07) is 22.9. The van der Waals surface area contributed by atoms with Gasteiger partial charge in [0, 0.05) is 82.4 Å². The van der Waals surface area contributed by atoms with Crippen molar-refractivity contribution >= 4 is 46.5 Å². The number of hydrogen-bond donors (Lipinski definition) is 5. The van der Waals surface area contributed by atoms with Crippen LogP contribution in [0.3, 0.4) is 0 Å². The van der Waals surface area contributed by atoms with Crippen LogP contribution in [-0.2, 0) is 25.7 Å². The zero-order chi connectivity index (χ0) is 50.4. The van der Waals surface area contributed by atoms with Gasteiger partial charge in [-0.25, -0.2) is 4.98 Å². The average Bonchev–Trinajstić information content (AvgIpc) is 3.98. The highest BCUT2D eigenvalue weighted by atomic mass is 32.1. The number of para-hydroxylation sites is 1. The van der Waals surface area contributed by atoms with E-state index in [1.807, 2.05) is 70.5 Å². The number of nitrogen functional groups attached to an aromatic ring is 1. The van der Waals surface area contributed by atoms with Gasteiger partial charge in [-0.2, -0.15) is 0 Å². The van der Waals surface area contributed by atoms with E-state index in [1.54, 1.807) is 40.5 Å². The molecule has 376 valence electrons. The van der Waals surface area contributed by atoms with Crippen molar-refractivity contribution in [2.24, 2.45) is 5.41 Å². The third-order valence-electron chi connectivity index (χ3n) is 13.7. The van der Waals surface area contributed by atoms with Gasteiger partial charge in [-0.15, -0.1) is 21.5 Å². The molecule has 3 aromatic carbocycles. The highest BCUT2D eigenvalue weighted by Gasteiger charge is 2.45. The van der Waals surface area contributed by atoms with Crippen molar-refractivity contribution in [1.29, 1.82) is 0 Å². The van der Waals surface area contributed by atoms with Crippen LogP contribution in [0.4, 0.5) is 11.5 Å². The Bertz CT molecular complexity index is 2670. The van der Waals surface area contributed by atoms with Gasteiger partial charge in [0.2, 0.25) is 23.6 Å². The monoisotopic (exact) mass is 986 g/mol. The van der Waals surface area contributed by atoms with Crippen molar-refractivity contribution in [1.82, 2.24) is 40.5 Å². The van der Waals surface area contributed by atoms with Crippen LogP contribution in [0.1, 0.15) is 82.7 Å². The SMILES string of the molecule is Cc1ncsc1-c1ccc(C(C)NC(=O)[C@@H]2C[C@@H](O)CN2C(=O)C(NC(=O)CCC(=O)N2CCN(c3ccc(CN4CCCC(Oc5cc(-c6ccccc6O)nnc5N)C4)cc3)CC2)C(C)(C)C)cc1. The number of phenolic OH excluding ortho intramolecular Hbond substituents is 1. The summed E-state index contributed by atoms with van der Waals surface area (Å²) in [5, 5.41) is 35.2. The van der Waals surface area contributed by atoms with Crippen LogP contribution >= 0.6 is 11.3 Å². The first-order valence-corrected chi connectivity index (χ1v) is 25.4. The number of carbonyl (C=O) groups is 4. The van der Waals surface area contributed by atoms with Gasteiger partial charge in [-0.3, -0.25) is 24.1 Å². The first-order chi connectivity index (χ1) is 34.0. The number of aliphatic hydroxyl groups excluding tert-OH is 1. The maximum atomic E-state index is 14.2. The third-order valence-corrected chi connectivity index (χ3v) is 14.7. The third kappa shape index (κ3) is 12.5. The second-order valence-electron chi connectivity index (χ2n) is 20.0. The van der Waals surface area contributed by atoms with E-state index in [0.29, 0.717) is 43.2 Å². The molecule has 17 nitrogen and oxygen atoms in total. The van der Waals surface area contributed by atoms with Crippen LogP contribution in [0.5, 0.6) is 11.5 Å². The Kier molecular flexibility index (Phi) is 15.9. The number of rotatable bonds is 15. The lowest BCUT2D eigenvalue weighted by molar-refractivity contribution is -0.144. The average molecular weight is 987 g/mol. The number of amides is 4. The van der Waals surface area contributed by atoms with Crippen molar-refractivity contribution < 1.29 is 34.1 Å². The zero-order valence-corrected chi connectivity index (χ0v) is 42.0. The number of ether oxygens (including phenoxy) is 1. The molecule has 5 heterocycles. The number of β-amino-alcohol motifs (C(OH)–C–C–N with tert-alkyl or cyclic N) is 1. The van der Waals surface area contributed by atoms with Crippen LogP contribution in [0.2, 0.25) is 0 Å². The van der Waals surface area contributed by atoms with Gasteiger partial charge in [0.1, 0.15) is 29.6 Å². The molecule has 0 bridgehead atoms. The minimum atomic E-state index is -0.992. The fourth-order valence-electron chi connectivity index (χ4n) is 9.64. The normalized spacial score (nSPS) is 19.5. The molecule has 18 heteroatoms. The number of benzene rings is 3. The quantitative estimate of drug-likeness (QED) is 0.0851. The lowest BCUT2D eigenvalue weighted by Gasteiger charge is -2.37. The summed E-state index contributed by atoms with van der Waals surface area (Å²) in [6.07, 6.45) is 0.856. The number of carbonyl (C=O) groups excluding carboxylic acids is 4. The van der Waals surface area contributed by atoms with E-state index in [-0.39, 0.29) is 61.3 Å². The minimum absolute atomic E-state index is 0.00373. The van der Waals surface area contributed by atoms with E-state index in [9.17, 15) is 29.4 Å². The highest BCUT2D eigenvalue weighted by Crippen LogP contribution is 2.33. The fraction of sp³-hybridized carbons (Fsp3) is 0.453. The summed E-state index contributed by atoms with van der Waals surface area (Å²) in [4.78, 5) is 68.0. The molecule has 5 aromatic rings. The molecule has 0 saturated carbocycles. The summed E-state index contributed by atoms with van der Waals surface area (Å²) < 4.78 is 6.36. The molecule has 4 amide bonds. The van der Waals surface area contributed by atoms with Gasteiger partial charge in [-0.05, 0) is 79.6 Å². The number of aliphatic hydroxyl groups is 1. The Morgan fingerprint density at radius 3 is 2.34 bits per heavy atom. The van der Waals surface area contributed by atoms with E-state index < -0.39 is 35.4 Å². The summed E-state index contributed by atoms with van der Waals surface area (Å²) in [6.45, 7) is 14.1. The van der Waals surface area contributed by atoms with Crippen molar-refractivity contribution in [3.8, 4) is 33.2 Å². The van der Waals surface area contributed by atoms with Gasteiger partial charge in [0.15, 0.2) is 11.6 Å². The second-order valence-corrected chi connectivity index (χ2v) is 20.9. The van der Waals surface area contributed by atoms with Crippen LogP contribution in [0.15, 0.2) is 84.4 Å². The Hall–Kier alpha value is -6.63. The predicted molar refractivity (Wildman–Crippen MR) is 273 cm³/mol. The van der Waals surface area contributed by atoms with Crippen molar-refractivity contribution in [2.75, 3.05) is 56.4 Å². The predicted octanol–water partition coefficient (Wildman–Crippen LogP) is 5.71. The number of hydrogen-bond acceptors (Lipinski definition) is 14. The largest absolute Gasteiger partial charge is 0.507 e. The van der Waals surface area contributed by atoms with E-state index in [0.717, 1.165) is 59.9 Å². The zero-order valence-electron chi connectivity index (χ0n) is 41.2. The van der Waals surface area contributed by atoms with Gasteiger partial charge in [0.25, 0.3) is 0 Å². The van der Waals surface area contributed by atoms with Gasteiger partial charge >= 0.3 is 0 Å². The molecule has 8 rings (SSSR count). The maximum Gasteiger partial charge on any atom is 0.246 e. The van der Waals surface area contributed by atoms with Crippen LogP contribution in [0.25, 0.3) is 21.7 Å². The number of nitrogens with one attached hydrogen (secondary N) is 2. The number of likely N-dealkylation sites (tertiary alicyclic amines) is 2. The molecule has 3 unspecified atom stereocenters. The van der Waals surface area contributed by atoms with Crippen LogP contribution in [-0.4, -0.2) is 134 Å². The number of nitrogens with zero attached hydrogens (tertiary/aromatic N) is 7. The summed E-state index contributed by atoms with van der Waals surface area (Å²) in [5.74, 6) is -0.627. The lowest BCUT2D eigenvalue weighted by atomic mass is 9.85. The van der Waals surface area contributed by atoms with E-state index in [1.165, 1.54) is 10.5 Å². The smallest absolute Gasteiger partial charge is 0.246 e. The molecule has 3 saturated heterocycles. The molecule has 2 aromatic heterocycles. The Morgan fingerprint density at radius 1 is 0.915 bits per heavy atom. The van der Waals surface area contributed by atoms with Crippen molar-refractivity contribution in [3.05, 3.63) is 101 Å². The lowest BCUT2D eigenvalue weighted by Crippen LogP contribution is -2.58. The number of nitrogens with two attached hydrogens (primary N) is 1. The first-order valence-electron chi connectivity index (χ1n) is 24.5. The number of piperazine rings is 1. The van der Waals surface area contributed by atoms with Gasteiger partial charge < -0.3 is 46.0 Å². The van der Waals surface area contributed by atoms with Gasteiger partial charge in [-0.1, -0.05) is 69.3 Å². The number of anilines is 2. The maximum absolute atomic E-state index is 14.2. The number of aryl methyl sites for hydroxylation is 1. The first kappa shape index (κ1) is 50.7. The summed E-state index contributed by atoms with van der Waals surface area (Å²) in [7, 11) is 0. The topological polar surface area (TPSA) is 220 Å². The molecule has 6 N–H and O–H groups in total. The fourth-order valence-corrected chi connectivity index (χ4v) is 10.5. The highest BCUT2D eigenvalue weighted by molar-refractivity contribution is 7.13. The number of piperidine rings is 1. The second kappa shape index (κ2) is 22.2. The van der Waals surface area contributed by atoms with Crippen molar-refractivity contribution in [2.45, 2.75) is 104 Å². The molecule has 0 aliphatic carbocycles. The number of thiazole rings is 1.